The Morgan fingerprint density at radius 3 is 1.57 bits per heavy atom. The average molecular weight is 174 g/mol. The molecule has 0 atom stereocenters. The van der Waals surface area contributed by atoms with Crippen LogP contribution in [0.5, 0.6) is 0 Å². The van der Waals surface area contributed by atoms with Crippen molar-refractivity contribution in [3.8, 4) is 0 Å². The molecule has 0 heterocycles. The van der Waals surface area contributed by atoms with Crippen molar-refractivity contribution in [3.63, 3.8) is 0 Å². The van der Waals surface area contributed by atoms with Crippen molar-refractivity contribution < 1.29 is 41.9 Å². The summed E-state index contributed by atoms with van der Waals surface area (Å²) < 4.78 is 0. The van der Waals surface area contributed by atoms with Crippen LogP contribution in [0.3, 0.4) is 0 Å². The van der Waals surface area contributed by atoms with Crippen molar-refractivity contribution in [1.82, 2.24) is 6.15 Å². The van der Waals surface area contributed by atoms with Crippen LogP contribution in [-0.2, 0) is 41.9 Å². The number of allylic oxidation sites excluding steroid dienone is 1. The molecule has 0 amide bonds. The van der Waals surface area contributed by atoms with Gasteiger partial charge < -0.3 is 10.9 Å². The SMILES string of the molecule is C=C[C-]=O.N.[V].[V]. The van der Waals surface area contributed by atoms with Gasteiger partial charge in [-0.3, -0.25) is 0 Å². The zero-order valence-electron chi connectivity index (χ0n) is 3.79. The smallest absolute Gasteiger partial charge is 0 e. The number of rotatable bonds is 1. The molecule has 3 N–H and O–H groups in total. The fraction of sp³-hybridized carbons (Fsp3) is 0. The number of hydrogen-bond acceptors (Lipinski definition) is 2. The Hall–Kier alpha value is 0.539. The summed E-state index contributed by atoms with van der Waals surface area (Å²) in [5.74, 6) is 0. The van der Waals surface area contributed by atoms with Gasteiger partial charge in [0.15, 0.2) is 0 Å². The molecule has 0 rings (SSSR count). The van der Waals surface area contributed by atoms with E-state index in [0.29, 0.717) is 0 Å². The summed E-state index contributed by atoms with van der Waals surface area (Å²) in [7, 11) is 0. The summed E-state index contributed by atoms with van der Waals surface area (Å²) in [5.41, 5.74) is 0. The van der Waals surface area contributed by atoms with Gasteiger partial charge in [-0.2, -0.15) is 0 Å². The van der Waals surface area contributed by atoms with Crippen LogP contribution in [0.2, 0.25) is 0 Å². The Kier molecular flexibility index (Phi) is 114. The van der Waals surface area contributed by atoms with Crippen LogP contribution >= 0.6 is 0 Å². The molecule has 0 aromatic heterocycles. The van der Waals surface area contributed by atoms with Gasteiger partial charge in [-0.05, 0) is 6.29 Å². The van der Waals surface area contributed by atoms with Crippen molar-refractivity contribution in [3.05, 3.63) is 12.7 Å². The average Bonchev–Trinajstić information content (AvgIpc) is 1.37. The first kappa shape index (κ1) is 25.7. The Bertz CT molecular complexity index is 33.9. The van der Waals surface area contributed by atoms with Gasteiger partial charge >= 0.3 is 0 Å². The second kappa shape index (κ2) is 31.1. The van der Waals surface area contributed by atoms with Gasteiger partial charge in [0, 0.05) is 37.1 Å². The van der Waals surface area contributed by atoms with Crippen molar-refractivity contribution >= 4 is 6.29 Å². The molecular formula is C3H6NOV2-. The van der Waals surface area contributed by atoms with Crippen molar-refractivity contribution in [2.24, 2.45) is 0 Å². The first-order valence-corrected chi connectivity index (χ1v) is 0.901. The molecule has 0 spiro atoms. The van der Waals surface area contributed by atoms with E-state index in [9.17, 15) is 0 Å². The normalized spacial score (nSPS) is 2.86. The van der Waals surface area contributed by atoms with Gasteiger partial charge in [0.25, 0.3) is 0 Å². The molecule has 4 heteroatoms. The summed E-state index contributed by atoms with van der Waals surface area (Å²) in [6.45, 7) is 3.06. The predicted molar refractivity (Wildman–Crippen MR) is 20.9 cm³/mol. The van der Waals surface area contributed by atoms with E-state index in [0.717, 1.165) is 6.08 Å². The summed E-state index contributed by atoms with van der Waals surface area (Å²) in [5, 5.41) is 0. The molecule has 0 aromatic rings. The Balaban J connectivity index is -0.0000000150. The maximum absolute atomic E-state index is 8.93. The molecule has 0 aliphatic rings. The third-order valence-corrected chi connectivity index (χ3v) is 0.0833. The molecule has 0 unspecified atom stereocenters. The molecule has 0 aliphatic heterocycles. The second-order valence-electron chi connectivity index (χ2n) is 0.322. The monoisotopic (exact) mass is 174 g/mol. The largest absolute Gasteiger partial charge is 0.419 e. The van der Waals surface area contributed by atoms with E-state index in [4.69, 9.17) is 4.79 Å². The zero-order valence-corrected chi connectivity index (χ0v) is 6.59. The van der Waals surface area contributed by atoms with E-state index >= 15 is 0 Å². The fourth-order valence-electron chi connectivity index (χ4n) is 0. The molecule has 40 valence electrons. The first-order valence-electron chi connectivity index (χ1n) is 0.901. The van der Waals surface area contributed by atoms with Crippen LogP contribution in [0, 0.1) is 0 Å². The molecule has 0 bridgehead atoms. The van der Waals surface area contributed by atoms with Gasteiger partial charge in [0.2, 0.25) is 0 Å². The summed E-state index contributed by atoms with van der Waals surface area (Å²) in [6, 6.07) is 0. The number of hydrogen-bond donors (Lipinski definition) is 1. The molecule has 7 heavy (non-hydrogen) atoms. The van der Waals surface area contributed by atoms with E-state index in [1.54, 1.807) is 0 Å². The van der Waals surface area contributed by atoms with Crippen molar-refractivity contribution in [1.29, 1.82) is 0 Å². The van der Waals surface area contributed by atoms with Gasteiger partial charge in [-0.25, -0.2) is 12.7 Å². The molecule has 0 fully saturated rings. The van der Waals surface area contributed by atoms with Crippen LogP contribution in [-0.4, -0.2) is 6.29 Å². The van der Waals surface area contributed by atoms with Gasteiger partial charge in [0.1, 0.15) is 0 Å². The summed E-state index contributed by atoms with van der Waals surface area (Å²) in [6.07, 6.45) is 2.51. The minimum atomic E-state index is 0. The maximum atomic E-state index is 8.93. The Morgan fingerprint density at radius 2 is 1.57 bits per heavy atom. The molecule has 0 saturated heterocycles. The topological polar surface area (TPSA) is 52.1 Å². The summed E-state index contributed by atoms with van der Waals surface area (Å²) >= 11 is 0. The molecule has 0 aliphatic carbocycles. The van der Waals surface area contributed by atoms with E-state index in [1.165, 1.54) is 6.29 Å². The molecule has 2 radical (unpaired) electrons. The van der Waals surface area contributed by atoms with Crippen LogP contribution < -0.4 is 6.15 Å². The van der Waals surface area contributed by atoms with Crippen LogP contribution in [0.25, 0.3) is 0 Å². The fourth-order valence-corrected chi connectivity index (χ4v) is 0. The third-order valence-electron chi connectivity index (χ3n) is 0.0833. The van der Waals surface area contributed by atoms with Crippen LogP contribution in [0.15, 0.2) is 12.7 Å². The predicted octanol–water partition coefficient (Wildman–Crippen LogP) is 0.439. The molecular weight excluding hydrogens is 168 g/mol. The third kappa shape index (κ3) is 56.9. The van der Waals surface area contributed by atoms with Crippen molar-refractivity contribution in [2.45, 2.75) is 0 Å². The summed E-state index contributed by atoms with van der Waals surface area (Å²) in [4.78, 5) is 8.93. The van der Waals surface area contributed by atoms with Crippen LogP contribution in [0.1, 0.15) is 0 Å². The van der Waals surface area contributed by atoms with Crippen molar-refractivity contribution in [2.75, 3.05) is 0 Å². The van der Waals surface area contributed by atoms with Gasteiger partial charge in [0.05, 0.1) is 0 Å². The minimum Gasteiger partial charge on any atom is -0.419 e. The van der Waals surface area contributed by atoms with E-state index < -0.39 is 0 Å². The standard InChI is InChI=1S/C3H3O.H3N.2V/c1-2-3-4;;;/h2H,1H2;1H3;;/q-1;;;. The van der Waals surface area contributed by atoms with E-state index in [-0.39, 0.29) is 43.3 Å². The van der Waals surface area contributed by atoms with Gasteiger partial charge in [-0.15, -0.1) is 0 Å². The van der Waals surface area contributed by atoms with E-state index in [1.807, 2.05) is 0 Å². The Labute approximate surface area is 67.1 Å². The Morgan fingerprint density at radius 1 is 1.43 bits per heavy atom. The molecule has 2 nitrogen and oxygen atoms in total. The van der Waals surface area contributed by atoms with Gasteiger partial charge in [-0.1, -0.05) is 0 Å². The number of carbonyl (C=O) groups excluding carboxylic acids is 1. The quantitative estimate of drug-likeness (QED) is 0.463. The minimum absolute atomic E-state index is 0. The zero-order chi connectivity index (χ0) is 3.41. The van der Waals surface area contributed by atoms with E-state index in [2.05, 4.69) is 6.58 Å². The molecule has 0 aromatic carbocycles. The second-order valence-corrected chi connectivity index (χ2v) is 0.322. The molecule has 0 saturated carbocycles. The van der Waals surface area contributed by atoms with Crippen LogP contribution in [0.4, 0.5) is 0 Å². The first-order chi connectivity index (χ1) is 1.91. The maximum Gasteiger partial charge on any atom is 0 e.